The molecule has 0 bridgehead atoms. The van der Waals surface area contributed by atoms with Crippen LogP contribution in [-0.2, 0) is 22.6 Å². The summed E-state index contributed by atoms with van der Waals surface area (Å²) in [6.45, 7) is 2.51. The van der Waals surface area contributed by atoms with Gasteiger partial charge >= 0.3 is 11.9 Å². The van der Waals surface area contributed by atoms with Crippen LogP contribution in [0, 0.1) is 0 Å². The van der Waals surface area contributed by atoms with Gasteiger partial charge in [-0.25, -0.2) is 19.6 Å². The average Bonchev–Trinajstić information content (AvgIpc) is 2.69. The second kappa shape index (κ2) is 10.2. The van der Waals surface area contributed by atoms with Gasteiger partial charge in [-0.15, -0.1) is 0 Å². The number of ether oxygens (including phenoxy) is 2. The third-order valence-corrected chi connectivity index (χ3v) is 3.49. The molecule has 8 nitrogen and oxygen atoms in total. The van der Waals surface area contributed by atoms with E-state index in [0.29, 0.717) is 37.6 Å². The monoisotopic (exact) mass is 358 g/mol. The normalized spacial score (nSPS) is 10.4. The van der Waals surface area contributed by atoms with Gasteiger partial charge in [0.05, 0.1) is 25.6 Å². The molecule has 0 saturated carbocycles. The number of pyridine rings is 2. The van der Waals surface area contributed by atoms with E-state index in [-0.39, 0.29) is 0 Å². The van der Waals surface area contributed by atoms with Crippen molar-refractivity contribution < 1.29 is 19.1 Å². The maximum atomic E-state index is 11.5. The molecule has 0 saturated heterocycles. The predicted molar refractivity (Wildman–Crippen MR) is 94.6 cm³/mol. The Labute approximate surface area is 151 Å². The molecule has 138 valence electrons. The van der Waals surface area contributed by atoms with E-state index in [0.717, 1.165) is 11.4 Å². The minimum Gasteiger partial charge on any atom is -0.464 e. The number of carbonyl (C=O) groups is 2. The summed E-state index contributed by atoms with van der Waals surface area (Å²) in [6.07, 6.45) is 0. The van der Waals surface area contributed by atoms with Crippen LogP contribution < -0.4 is 10.6 Å². The van der Waals surface area contributed by atoms with Gasteiger partial charge in [-0.1, -0.05) is 12.1 Å². The fourth-order valence-corrected chi connectivity index (χ4v) is 2.20. The summed E-state index contributed by atoms with van der Waals surface area (Å²) in [4.78, 5) is 31.4. The van der Waals surface area contributed by atoms with Crippen LogP contribution in [0.15, 0.2) is 36.4 Å². The van der Waals surface area contributed by atoms with E-state index in [1.54, 1.807) is 24.3 Å². The summed E-state index contributed by atoms with van der Waals surface area (Å²) in [7, 11) is 2.66. The number of esters is 2. The molecule has 0 aliphatic rings. The van der Waals surface area contributed by atoms with Gasteiger partial charge in [0, 0.05) is 26.2 Å². The highest BCUT2D eigenvalue weighted by Crippen LogP contribution is 2.02. The fraction of sp³-hybridized carbons (Fsp3) is 0.333. The van der Waals surface area contributed by atoms with Crippen LogP contribution in [0.25, 0.3) is 0 Å². The van der Waals surface area contributed by atoms with Crippen molar-refractivity contribution in [1.29, 1.82) is 0 Å². The molecule has 8 heteroatoms. The average molecular weight is 358 g/mol. The minimum atomic E-state index is -0.449. The number of hydrogen-bond acceptors (Lipinski definition) is 8. The summed E-state index contributed by atoms with van der Waals surface area (Å²) < 4.78 is 9.31. The van der Waals surface area contributed by atoms with Gasteiger partial charge in [-0.05, 0) is 24.3 Å². The lowest BCUT2D eigenvalue weighted by molar-refractivity contribution is 0.0585. The number of rotatable bonds is 9. The molecule has 0 aliphatic carbocycles. The Kier molecular flexibility index (Phi) is 7.66. The van der Waals surface area contributed by atoms with E-state index >= 15 is 0 Å². The standard InChI is InChI=1S/C18H22N4O4/c1-25-17(23)15-7-3-5-13(21-15)11-19-9-10-20-12-14-6-4-8-16(22-14)18(24)26-2/h3-8,19-20H,9-12H2,1-2H3. The molecule has 0 spiro atoms. The first kappa shape index (κ1) is 19.5. The molecule has 0 amide bonds. The molecule has 2 rings (SSSR count). The van der Waals surface area contributed by atoms with Crippen molar-refractivity contribution in [2.45, 2.75) is 13.1 Å². The topological polar surface area (TPSA) is 102 Å². The summed E-state index contributed by atoms with van der Waals surface area (Å²) in [5, 5.41) is 6.48. The molecule has 2 heterocycles. The highest BCUT2D eigenvalue weighted by molar-refractivity contribution is 5.87. The van der Waals surface area contributed by atoms with Crippen molar-refractivity contribution in [2.24, 2.45) is 0 Å². The number of nitrogens with zero attached hydrogens (tertiary/aromatic N) is 2. The SMILES string of the molecule is COC(=O)c1cccc(CNCCNCc2cccc(C(=O)OC)n2)n1. The van der Waals surface area contributed by atoms with Crippen molar-refractivity contribution in [3.63, 3.8) is 0 Å². The summed E-state index contributed by atoms with van der Waals surface area (Å²) >= 11 is 0. The van der Waals surface area contributed by atoms with E-state index in [4.69, 9.17) is 0 Å². The lowest BCUT2D eigenvalue weighted by atomic mass is 10.3. The van der Waals surface area contributed by atoms with Gasteiger partial charge in [-0.3, -0.25) is 0 Å². The maximum absolute atomic E-state index is 11.5. The van der Waals surface area contributed by atoms with Gasteiger partial charge in [0.1, 0.15) is 11.4 Å². The van der Waals surface area contributed by atoms with Crippen molar-refractivity contribution >= 4 is 11.9 Å². The van der Waals surface area contributed by atoms with E-state index in [1.807, 2.05) is 12.1 Å². The molecule has 0 aliphatic heterocycles. The first-order chi connectivity index (χ1) is 12.6. The zero-order chi connectivity index (χ0) is 18.8. The quantitative estimate of drug-likeness (QED) is 0.504. The van der Waals surface area contributed by atoms with E-state index < -0.39 is 11.9 Å². The van der Waals surface area contributed by atoms with Crippen LogP contribution in [0.2, 0.25) is 0 Å². The molecular formula is C18H22N4O4. The largest absolute Gasteiger partial charge is 0.464 e. The van der Waals surface area contributed by atoms with Crippen molar-refractivity contribution in [3.8, 4) is 0 Å². The lowest BCUT2D eigenvalue weighted by Crippen LogP contribution is -2.27. The summed E-state index contributed by atoms with van der Waals surface area (Å²) in [6, 6.07) is 10.5. The molecular weight excluding hydrogens is 336 g/mol. The number of methoxy groups -OCH3 is 2. The van der Waals surface area contributed by atoms with Crippen LogP contribution in [0.5, 0.6) is 0 Å². The van der Waals surface area contributed by atoms with Gasteiger partial charge in [0.25, 0.3) is 0 Å². The second-order valence-electron chi connectivity index (χ2n) is 5.37. The molecule has 0 atom stereocenters. The smallest absolute Gasteiger partial charge is 0.356 e. The second-order valence-corrected chi connectivity index (χ2v) is 5.37. The van der Waals surface area contributed by atoms with Crippen LogP contribution >= 0.6 is 0 Å². The molecule has 0 unspecified atom stereocenters. The van der Waals surface area contributed by atoms with Crippen LogP contribution in [0.4, 0.5) is 0 Å². The van der Waals surface area contributed by atoms with Crippen LogP contribution in [0.3, 0.4) is 0 Å². The molecule has 0 aromatic carbocycles. The number of hydrogen-bond donors (Lipinski definition) is 2. The van der Waals surface area contributed by atoms with Crippen LogP contribution in [-0.4, -0.2) is 49.2 Å². The number of aromatic nitrogens is 2. The minimum absolute atomic E-state index is 0.293. The Morgan fingerprint density at radius 1 is 0.808 bits per heavy atom. The number of nitrogens with one attached hydrogen (secondary N) is 2. The van der Waals surface area contributed by atoms with Crippen molar-refractivity contribution in [3.05, 3.63) is 59.2 Å². The molecule has 26 heavy (non-hydrogen) atoms. The zero-order valence-electron chi connectivity index (χ0n) is 14.8. The Morgan fingerprint density at radius 3 is 1.62 bits per heavy atom. The maximum Gasteiger partial charge on any atom is 0.356 e. The highest BCUT2D eigenvalue weighted by Gasteiger charge is 2.08. The van der Waals surface area contributed by atoms with Gasteiger partial charge < -0.3 is 20.1 Å². The highest BCUT2D eigenvalue weighted by atomic mass is 16.5. The predicted octanol–water partition coefficient (Wildman–Crippen LogP) is 0.929. The molecule has 2 N–H and O–H groups in total. The van der Waals surface area contributed by atoms with E-state index in [9.17, 15) is 9.59 Å². The van der Waals surface area contributed by atoms with Crippen LogP contribution in [0.1, 0.15) is 32.4 Å². The summed E-state index contributed by atoms with van der Waals surface area (Å²) in [5.41, 5.74) is 2.11. The zero-order valence-corrected chi connectivity index (χ0v) is 14.8. The molecule has 0 fully saturated rings. The van der Waals surface area contributed by atoms with E-state index in [2.05, 4.69) is 30.1 Å². The van der Waals surface area contributed by atoms with Crippen molar-refractivity contribution in [2.75, 3.05) is 27.3 Å². The third kappa shape index (κ3) is 5.91. The molecule has 2 aromatic rings. The summed E-state index contributed by atoms with van der Waals surface area (Å²) in [5.74, 6) is -0.898. The molecule has 2 aromatic heterocycles. The van der Waals surface area contributed by atoms with Crippen molar-refractivity contribution in [1.82, 2.24) is 20.6 Å². The number of carbonyl (C=O) groups excluding carboxylic acids is 2. The van der Waals surface area contributed by atoms with E-state index in [1.165, 1.54) is 14.2 Å². The Hall–Kier alpha value is -2.84. The molecule has 0 radical (unpaired) electrons. The lowest BCUT2D eigenvalue weighted by Gasteiger charge is -2.08. The Balaban J connectivity index is 1.70. The third-order valence-electron chi connectivity index (χ3n) is 3.49. The Bertz CT molecular complexity index is 688. The van der Waals surface area contributed by atoms with Gasteiger partial charge in [0.2, 0.25) is 0 Å². The Morgan fingerprint density at radius 2 is 1.23 bits per heavy atom. The first-order valence-corrected chi connectivity index (χ1v) is 8.14. The fourth-order valence-electron chi connectivity index (χ4n) is 2.20. The first-order valence-electron chi connectivity index (χ1n) is 8.14. The van der Waals surface area contributed by atoms with Gasteiger partial charge in [-0.2, -0.15) is 0 Å². The van der Waals surface area contributed by atoms with Gasteiger partial charge in [0.15, 0.2) is 0 Å².